The summed E-state index contributed by atoms with van der Waals surface area (Å²) in [5, 5.41) is 9.71. The van der Waals surface area contributed by atoms with Crippen LogP contribution < -0.4 is 26.5 Å². The Morgan fingerprint density at radius 3 is 1.65 bits per heavy atom. The Morgan fingerprint density at radius 2 is 1.28 bits per heavy atom. The van der Waals surface area contributed by atoms with E-state index in [0.717, 1.165) is 37.4 Å². The molecule has 43 heavy (non-hydrogen) atoms. The number of benzene rings is 3. The summed E-state index contributed by atoms with van der Waals surface area (Å²) in [6.07, 6.45) is 4.41. The first-order chi connectivity index (χ1) is 20.3. The first-order valence-corrected chi connectivity index (χ1v) is 18.4. The Morgan fingerprint density at radius 1 is 0.860 bits per heavy atom. The van der Waals surface area contributed by atoms with Gasteiger partial charge in [-0.05, 0) is 69.5 Å². The monoisotopic (exact) mass is 645 g/mol. The zero-order chi connectivity index (χ0) is 31.9. The minimum absolute atomic E-state index is 0.305. The van der Waals surface area contributed by atoms with Crippen molar-refractivity contribution in [2.75, 3.05) is 19.0 Å². The molecule has 0 aliphatic carbocycles. The molecule has 3 aromatic rings. The molecule has 3 rings (SSSR count). The summed E-state index contributed by atoms with van der Waals surface area (Å²) < 4.78 is 29.2. The average molecular weight is 646 g/mol. The van der Waals surface area contributed by atoms with Crippen molar-refractivity contribution in [3.05, 3.63) is 95.9 Å². The Kier molecular flexibility index (Phi) is 14.5. The molecule has 232 valence electrons. The van der Waals surface area contributed by atoms with Crippen molar-refractivity contribution >= 4 is 57.1 Å². The highest BCUT2D eigenvalue weighted by atomic mass is 32.2. The molecule has 0 aliphatic rings. The van der Waals surface area contributed by atoms with Gasteiger partial charge >= 0.3 is 0 Å². The van der Waals surface area contributed by atoms with E-state index in [0.29, 0.717) is 12.8 Å². The first-order valence-electron chi connectivity index (χ1n) is 13.8. The van der Waals surface area contributed by atoms with Crippen molar-refractivity contribution in [2.24, 2.45) is 4.58 Å². The standard InChI is InChI=1S/C30H36N3O3PS.CH4O3S/c1-24(34)32-28(30(2,3)38-33-36)29(35)31-22-14-7-15-23-37(25-16-8-4-9-17-25,26-18-10-5-11-19-26)27-20-12-6-13-21-27;1-5(2,3)4/h4-6,8-13,16-21,28H,7,14-15,22-23H2,1-3H3,(H-,31,32,34,35);1H3,(H,2,3,4). The van der Waals surface area contributed by atoms with Gasteiger partial charge in [0.15, 0.2) is 0 Å². The molecule has 9 nitrogen and oxygen atoms in total. The van der Waals surface area contributed by atoms with Crippen LogP contribution in [0.4, 0.5) is 0 Å². The van der Waals surface area contributed by atoms with Crippen molar-refractivity contribution < 1.29 is 22.6 Å². The minimum Gasteiger partial charge on any atom is -0.748 e. The van der Waals surface area contributed by atoms with Crippen molar-refractivity contribution in [3.63, 3.8) is 0 Å². The first kappa shape index (κ1) is 36.1. The van der Waals surface area contributed by atoms with Crippen LogP contribution >= 0.6 is 19.2 Å². The Balaban J connectivity index is 0.00000119. The van der Waals surface area contributed by atoms with Gasteiger partial charge in [0.25, 0.3) is 0 Å². The molecule has 0 radical (unpaired) electrons. The molecule has 0 aliphatic heterocycles. The van der Waals surface area contributed by atoms with Crippen LogP contribution in [0.15, 0.2) is 95.6 Å². The van der Waals surface area contributed by atoms with Crippen LogP contribution in [0.25, 0.3) is 0 Å². The van der Waals surface area contributed by atoms with Crippen LogP contribution in [0, 0.1) is 4.91 Å². The molecule has 1 unspecified atom stereocenters. The quantitative estimate of drug-likeness (QED) is 0.0882. The predicted octanol–water partition coefficient (Wildman–Crippen LogP) is 4.13. The minimum atomic E-state index is -3.92. The van der Waals surface area contributed by atoms with E-state index in [-0.39, 0.29) is 11.8 Å². The number of nitrogens with zero attached hydrogens (tertiary/aromatic N) is 1. The van der Waals surface area contributed by atoms with E-state index in [9.17, 15) is 14.5 Å². The fourth-order valence-corrected chi connectivity index (χ4v) is 9.63. The molecule has 2 amide bonds. The Hall–Kier alpha value is -3.11. The lowest BCUT2D eigenvalue weighted by atomic mass is 10.0. The highest BCUT2D eigenvalue weighted by Gasteiger charge is 2.44. The SMILES string of the molecule is CC(=O)NC(C(=O)NCCCCC[P+](c1ccccc1)(c1ccccc1)c1ccccc1)C(C)(C)SN=O.CS(=O)(=O)[O-]. The maximum absolute atomic E-state index is 12.9. The lowest BCUT2D eigenvalue weighted by Gasteiger charge is -2.30. The van der Waals surface area contributed by atoms with Crippen molar-refractivity contribution in [2.45, 2.75) is 50.8 Å². The van der Waals surface area contributed by atoms with Gasteiger partial charge in [-0.2, -0.15) is 0 Å². The molecule has 0 fully saturated rings. The van der Waals surface area contributed by atoms with Gasteiger partial charge in [-0.3, -0.25) is 9.59 Å². The number of hydrogen-bond acceptors (Lipinski definition) is 8. The zero-order valence-electron chi connectivity index (χ0n) is 24.9. The molecule has 0 bridgehead atoms. The Bertz CT molecular complexity index is 1300. The largest absolute Gasteiger partial charge is 0.748 e. The van der Waals surface area contributed by atoms with E-state index in [4.69, 9.17) is 13.0 Å². The van der Waals surface area contributed by atoms with Crippen LogP contribution in [0.5, 0.6) is 0 Å². The molecule has 0 spiro atoms. The van der Waals surface area contributed by atoms with Gasteiger partial charge in [0.05, 0.1) is 21.0 Å². The van der Waals surface area contributed by atoms with Crippen molar-refractivity contribution in [1.82, 2.24) is 10.6 Å². The molecule has 0 heterocycles. The molecule has 0 saturated carbocycles. The van der Waals surface area contributed by atoms with Gasteiger partial charge in [-0.1, -0.05) is 54.6 Å². The number of unbranched alkanes of at least 4 members (excludes halogenated alkanes) is 2. The number of carbonyl (C=O) groups is 2. The smallest absolute Gasteiger partial charge is 0.244 e. The van der Waals surface area contributed by atoms with Crippen LogP contribution in [-0.2, 0) is 19.7 Å². The fourth-order valence-electron chi connectivity index (χ4n) is 4.75. The third-order valence-corrected chi connectivity index (χ3v) is 11.9. The van der Waals surface area contributed by atoms with E-state index in [1.807, 2.05) is 0 Å². The summed E-state index contributed by atoms with van der Waals surface area (Å²) >= 11 is 0.753. The van der Waals surface area contributed by atoms with Gasteiger partial charge < -0.3 is 15.2 Å². The number of hydrogen-bond donors (Lipinski definition) is 2. The van der Waals surface area contributed by atoms with Crippen molar-refractivity contribution in [3.8, 4) is 0 Å². The van der Waals surface area contributed by atoms with Crippen molar-refractivity contribution in [1.29, 1.82) is 0 Å². The van der Waals surface area contributed by atoms with Crippen LogP contribution in [0.1, 0.15) is 40.0 Å². The second-order valence-corrected chi connectivity index (χ2v) is 16.9. The van der Waals surface area contributed by atoms with Crippen LogP contribution in [-0.4, -0.2) is 54.5 Å². The lowest BCUT2D eigenvalue weighted by Crippen LogP contribution is -2.56. The zero-order valence-corrected chi connectivity index (χ0v) is 27.5. The van der Waals surface area contributed by atoms with Gasteiger partial charge in [0.1, 0.15) is 29.2 Å². The van der Waals surface area contributed by atoms with Crippen LogP contribution in [0.2, 0.25) is 0 Å². The number of carbonyl (C=O) groups excluding carboxylic acids is 2. The molecule has 3 aromatic carbocycles. The summed E-state index contributed by atoms with van der Waals surface area (Å²) in [5.41, 5.74) is 0. The third kappa shape index (κ3) is 11.8. The van der Waals surface area contributed by atoms with Crippen LogP contribution in [0.3, 0.4) is 0 Å². The summed E-state index contributed by atoms with van der Waals surface area (Å²) in [6, 6.07) is 31.6. The summed E-state index contributed by atoms with van der Waals surface area (Å²) in [7, 11) is -5.78. The summed E-state index contributed by atoms with van der Waals surface area (Å²) in [5.74, 6) is -0.631. The maximum Gasteiger partial charge on any atom is 0.244 e. The highest BCUT2D eigenvalue weighted by molar-refractivity contribution is 7.99. The average Bonchev–Trinajstić information content (AvgIpc) is 2.96. The number of rotatable bonds is 14. The normalized spacial score (nSPS) is 12.3. The van der Waals surface area contributed by atoms with Gasteiger partial charge in [-0.15, -0.1) is 4.91 Å². The number of nitrogens with one attached hydrogen (secondary N) is 2. The predicted molar refractivity (Wildman–Crippen MR) is 178 cm³/mol. The lowest BCUT2D eigenvalue weighted by molar-refractivity contribution is -0.128. The fraction of sp³-hybridized carbons (Fsp3) is 0.355. The molecule has 12 heteroatoms. The molecule has 1 atom stereocenters. The summed E-state index contributed by atoms with van der Waals surface area (Å²) in [4.78, 5) is 35.4. The Labute approximate surface area is 259 Å². The second kappa shape index (κ2) is 17.3. The van der Waals surface area contributed by atoms with E-state index in [1.165, 1.54) is 22.8 Å². The van der Waals surface area contributed by atoms with E-state index in [1.54, 1.807) is 13.8 Å². The molecule has 2 N–H and O–H groups in total. The third-order valence-electron chi connectivity index (χ3n) is 6.64. The van der Waals surface area contributed by atoms with Gasteiger partial charge in [0, 0.05) is 36.3 Å². The topological polar surface area (TPSA) is 145 Å². The molecular weight excluding hydrogens is 605 g/mol. The molecule has 0 saturated heterocycles. The molecular formula is C31H40N3O6PS2. The van der Waals surface area contributed by atoms with E-state index >= 15 is 0 Å². The number of amides is 2. The second-order valence-electron chi connectivity index (χ2n) is 10.5. The maximum atomic E-state index is 12.9. The van der Waals surface area contributed by atoms with E-state index in [2.05, 4.69) is 106 Å². The highest BCUT2D eigenvalue weighted by Crippen LogP contribution is 2.55. The summed E-state index contributed by atoms with van der Waals surface area (Å²) in [6.45, 7) is 5.30. The van der Waals surface area contributed by atoms with E-state index < -0.39 is 28.2 Å². The van der Waals surface area contributed by atoms with Gasteiger partial charge in [0.2, 0.25) is 11.8 Å². The number of nitroso groups, excluding NO2 is 1. The van der Waals surface area contributed by atoms with Gasteiger partial charge in [-0.25, -0.2) is 8.42 Å². The molecule has 0 aromatic heterocycles.